The molecule has 0 aromatic rings. The molecule has 0 saturated carbocycles. The molecule has 3 N–H and O–H groups in total. The van der Waals surface area contributed by atoms with Gasteiger partial charge in [-0.05, 0) is 0 Å². The van der Waals surface area contributed by atoms with E-state index in [0.717, 1.165) is 0 Å². The van der Waals surface area contributed by atoms with E-state index in [2.05, 4.69) is 8.86 Å². The first kappa shape index (κ1) is 14.7. The maximum Gasteiger partial charge on any atom is 0 e. The van der Waals surface area contributed by atoms with Crippen molar-refractivity contribution in [1.29, 1.82) is 0 Å². The van der Waals surface area contributed by atoms with Crippen molar-refractivity contribution in [2.75, 3.05) is 0 Å². The second kappa shape index (κ2) is 5.06. The fourth-order valence-electron chi connectivity index (χ4n) is 0.245. The summed E-state index contributed by atoms with van der Waals surface area (Å²) < 4.78 is -5.58. The van der Waals surface area contributed by atoms with Gasteiger partial charge in [-0.3, -0.25) is 0 Å². The fraction of sp³-hybridized carbons (Fsp3) is 0. The molecule has 6 nitrogen and oxygen atoms in total. The monoisotopic (exact) mass is 424 g/mol. The first-order chi connectivity index (χ1) is 4.83. The Morgan fingerprint density at radius 2 is 1.08 bits per heavy atom. The van der Waals surface area contributed by atoms with Gasteiger partial charge in [-0.25, -0.2) is 0 Å². The van der Waals surface area contributed by atoms with Gasteiger partial charge in [0.05, 0.1) is 0 Å². The molecule has 0 aromatic carbocycles. The van der Waals surface area contributed by atoms with Gasteiger partial charge in [0, 0.05) is 21.7 Å². The molecule has 0 rings (SSSR count). The summed E-state index contributed by atoms with van der Waals surface area (Å²) in [5.41, 5.74) is 0. The minimum absolute atomic E-state index is 0. The van der Waals surface area contributed by atoms with E-state index in [1.54, 1.807) is 0 Å². The number of hydrogen-bond acceptors (Lipinski definition) is 4. The average molecular weight is 424 g/mol. The Kier molecular flexibility index (Phi) is 6.22. The molecule has 12 heavy (non-hydrogen) atoms. The van der Waals surface area contributed by atoms with Gasteiger partial charge in [0.25, 0.3) is 0 Å². The third-order valence-electron chi connectivity index (χ3n) is 0.808. The first-order valence-corrected chi connectivity index (χ1v) is 12.0. The van der Waals surface area contributed by atoms with Crippen molar-refractivity contribution in [3.63, 3.8) is 0 Å². The van der Waals surface area contributed by atoms with Crippen LogP contribution in [0.5, 0.6) is 0 Å². The van der Waals surface area contributed by atoms with E-state index in [9.17, 15) is 14.4 Å². The van der Waals surface area contributed by atoms with Crippen LogP contribution >= 0.6 is 8.86 Å². The zero-order valence-electron chi connectivity index (χ0n) is 5.42. The van der Waals surface area contributed by atoms with Gasteiger partial charge < -0.3 is 0 Å². The molecule has 0 radical (unpaired) electrons. The van der Waals surface area contributed by atoms with Gasteiger partial charge in [-0.1, -0.05) is 0 Å². The maximum absolute atomic E-state index is 10.1. The van der Waals surface area contributed by atoms with Crippen molar-refractivity contribution < 1.29 is 51.4 Å². The number of hydrogen-bond donors (Lipinski definition) is 3. The van der Waals surface area contributed by atoms with Crippen LogP contribution in [0, 0.1) is 0 Å². The molecule has 9 heteroatoms. The normalized spacial score (nSPS) is 9.67. The van der Waals surface area contributed by atoms with E-state index in [4.69, 9.17) is 15.3 Å². The van der Waals surface area contributed by atoms with Crippen LogP contribution < -0.4 is 0 Å². The molecular weight excluding hydrogens is 421 g/mol. The van der Waals surface area contributed by atoms with E-state index in [0.29, 0.717) is 0 Å². The molecular formula is C3H3BiO6STi. The summed E-state index contributed by atoms with van der Waals surface area (Å²) in [7, 11) is 4.09. The van der Waals surface area contributed by atoms with E-state index in [1.807, 2.05) is 0 Å². The molecule has 0 amide bonds. The van der Waals surface area contributed by atoms with E-state index >= 15 is 0 Å². The minimum atomic E-state index is -5.46. The smallest absolute Gasteiger partial charge is 0 e. The van der Waals surface area contributed by atoms with Gasteiger partial charge >= 0.3 is 67.8 Å². The largest absolute Gasteiger partial charge is 0 e. The molecule has 0 atom stereocenters. The van der Waals surface area contributed by atoms with Gasteiger partial charge in [0.1, 0.15) is 0 Å². The maximum atomic E-state index is 10.1. The van der Waals surface area contributed by atoms with Crippen LogP contribution in [-0.4, -0.2) is 44.6 Å². The molecule has 0 spiro atoms. The van der Waals surface area contributed by atoms with Crippen LogP contribution in [0.15, 0.2) is 0 Å². The minimum Gasteiger partial charge on any atom is 0 e. The third kappa shape index (κ3) is 2.62. The van der Waals surface area contributed by atoms with Crippen molar-refractivity contribution in [3.8, 4) is 0 Å². The van der Waals surface area contributed by atoms with Gasteiger partial charge in [-0.2, -0.15) is 0 Å². The summed E-state index contributed by atoms with van der Waals surface area (Å²) in [6.45, 7) is 0. The van der Waals surface area contributed by atoms with Crippen molar-refractivity contribution in [2.24, 2.45) is 0 Å². The van der Waals surface area contributed by atoms with Crippen LogP contribution in [-0.2, 0) is 21.7 Å². The topological polar surface area (TPSA) is 112 Å². The van der Waals surface area contributed by atoms with E-state index in [1.165, 1.54) is 0 Å². The molecule has 0 saturated heterocycles. The third-order valence-corrected chi connectivity index (χ3v) is 11.2. The van der Waals surface area contributed by atoms with Crippen LogP contribution in [0.2, 0.25) is 0 Å². The number of carboxylic acid groups (broad SMARTS) is 3. The van der Waals surface area contributed by atoms with Gasteiger partial charge in [0.2, 0.25) is 0 Å². The standard InChI is InChI=1S/3CHO2.Bi.S.Ti/c3*2-1-3;;;/h3*(H,2,3);;;. The Morgan fingerprint density at radius 1 is 0.917 bits per heavy atom. The number of carbonyl (C=O) groups is 3. The Labute approximate surface area is 88.8 Å². The van der Waals surface area contributed by atoms with Gasteiger partial charge in [-0.15, -0.1) is 0 Å². The summed E-state index contributed by atoms with van der Waals surface area (Å²) in [4.78, 5) is 30.4. The Balaban J connectivity index is 0. The van der Waals surface area contributed by atoms with E-state index in [-0.39, 0.29) is 21.7 Å². The summed E-state index contributed by atoms with van der Waals surface area (Å²) in [5.74, 6) is 0. The fourth-order valence-corrected chi connectivity index (χ4v) is 2.15. The second-order valence-electron chi connectivity index (χ2n) is 1.46. The van der Waals surface area contributed by atoms with Crippen LogP contribution in [0.3, 0.4) is 0 Å². The molecule has 0 unspecified atom stereocenters. The molecule has 0 fully saturated rings. The Hall–Kier alpha value is 0.227. The SMILES string of the molecule is O=[C](O)[Bi](=[S])([C](=O)O)[C](=O)O.[Ti]. The average Bonchev–Trinajstić information content (AvgIpc) is 1.84. The molecule has 0 aliphatic heterocycles. The molecule has 66 valence electrons. The zero-order valence-corrected chi connectivity index (χ0v) is 11.3. The van der Waals surface area contributed by atoms with Crippen molar-refractivity contribution in [1.82, 2.24) is 0 Å². The summed E-state index contributed by atoms with van der Waals surface area (Å²) in [5, 5.41) is 24.6. The summed E-state index contributed by atoms with van der Waals surface area (Å²) in [6.07, 6.45) is 0. The summed E-state index contributed by atoms with van der Waals surface area (Å²) in [6, 6.07) is 0. The number of rotatable bonds is 3. The molecule has 0 heterocycles. The van der Waals surface area contributed by atoms with Gasteiger partial charge in [0.15, 0.2) is 0 Å². The molecule has 0 aliphatic rings. The van der Waals surface area contributed by atoms with Crippen LogP contribution in [0.4, 0.5) is 14.4 Å². The molecule has 0 aliphatic carbocycles. The molecule has 0 aromatic heterocycles. The van der Waals surface area contributed by atoms with Crippen molar-refractivity contribution in [2.45, 2.75) is 0 Å². The zero-order chi connectivity index (χ0) is 9.23. The van der Waals surface area contributed by atoms with Crippen molar-refractivity contribution >= 4 is 38.1 Å². The second-order valence-corrected chi connectivity index (χ2v) is 15.5. The Morgan fingerprint density at radius 3 is 1.08 bits per heavy atom. The predicted octanol–water partition coefficient (Wildman–Crippen LogP) is 0.906. The van der Waals surface area contributed by atoms with E-state index < -0.39 is 29.3 Å². The Bertz CT molecular complexity index is 231. The molecule has 0 bridgehead atoms. The van der Waals surface area contributed by atoms with Crippen LogP contribution in [0.25, 0.3) is 0 Å². The van der Waals surface area contributed by atoms with Crippen molar-refractivity contribution in [3.05, 3.63) is 0 Å². The predicted molar refractivity (Wildman–Crippen MR) is 37.4 cm³/mol. The van der Waals surface area contributed by atoms with Crippen LogP contribution in [0.1, 0.15) is 0 Å². The first-order valence-electron chi connectivity index (χ1n) is 2.14. The summed E-state index contributed by atoms with van der Waals surface area (Å²) >= 11 is -5.46. The quantitative estimate of drug-likeness (QED) is 0.578.